The zero-order chi connectivity index (χ0) is 17.5. The number of hydrogen-bond donors (Lipinski definition) is 1. The zero-order valence-electron chi connectivity index (χ0n) is 14.4. The maximum Gasteiger partial charge on any atom is 0.261 e. The molecule has 1 amide bonds. The van der Waals surface area contributed by atoms with Gasteiger partial charge in [-0.1, -0.05) is 49.7 Å². The van der Waals surface area contributed by atoms with Crippen LogP contribution in [0.1, 0.15) is 44.4 Å². The number of aryl methyl sites for hydroxylation is 1. The molecule has 0 spiro atoms. The fourth-order valence-electron chi connectivity index (χ4n) is 2.43. The van der Waals surface area contributed by atoms with E-state index in [0.717, 1.165) is 12.0 Å². The Labute approximate surface area is 149 Å². The van der Waals surface area contributed by atoms with E-state index >= 15 is 0 Å². The number of rotatable bonds is 7. The van der Waals surface area contributed by atoms with Crippen LogP contribution in [0.4, 0.5) is 0 Å². The number of benzene rings is 2. The second kappa shape index (κ2) is 8.74. The van der Waals surface area contributed by atoms with Crippen LogP contribution in [-0.2, 0) is 11.2 Å². The molecular weight excluding hydrogens is 322 g/mol. The van der Waals surface area contributed by atoms with E-state index < -0.39 is 6.10 Å². The smallest absolute Gasteiger partial charge is 0.261 e. The Bertz CT molecular complexity index is 652. The van der Waals surface area contributed by atoms with Crippen molar-refractivity contribution in [2.75, 3.05) is 0 Å². The predicted octanol–water partition coefficient (Wildman–Crippen LogP) is 4.94. The van der Waals surface area contributed by atoms with Gasteiger partial charge in [-0.2, -0.15) is 0 Å². The standard InChI is InChI=1S/C20H24ClNO2/c1-4-15-6-8-16(9-7-15)14(3)22-20(23)19(5-2)24-18-12-10-17(21)11-13-18/h6-14,19H,4-5H2,1-3H3,(H,22,23)/t14-,19-/m1/s1. The van der Waals surface area contributed by atoms with Crippen molar-refractivity contribution in [3.63, 3.8) is 0 Å². The molecule has 0 saturated carbocycles. The lowest BCUT2D eigenvalue weighted by Crippen LogP contribution is -2.39. The molecule has 0 unspecified atom stereocenters. The Morgan fingerprint density at radius 1 is 1.08 bits per heavy atom. The maximum absolute atomic E-state index is 12.5. The molecule has 1 N–H and O–H groups in total. The second-order valence-corrected chi connectivity index (χ2v) is 6.23. The Morgan fingerprint density at radius 3 is 2.25 bits per heavy atom. The average Bonchev–Trinajstić information content (AvgIpc) is 2.61. The SMILES string of the molecule is CCc1ccc([C@@H](C)NC(=O)[C@@H](CC)Oc2ccc(Cl)cc2)cc1. The molecule has 0 aliphatic carbocycles. The number of halogens is 1. The van der Waals surface area contributed by atoms with Crippen LogP contribution in [0.3, 0.4) is 0 Å². The highest BCUT2D eigenvalue weighted by Crippen LogP contribution is 2.19. The Hall–Kier alpha value is -2.00. The van der Waals surface area contributed by atoms with E-state index in [0.29, 0.717) is 17.2 Å². The predicted molar refractivity (Wildman–Crippen MR) is 98.5 cm³/mol. The van der Waals surface area contributed by atoms with E-state index in [1.54, 1.807) is 24.3 Å². The molecule has 0 saturated heterocycles. The molecule has 0 radical (unpaired) electrons. The third-order valence-electron chi connectivity index (χ3n) is 4.00. The summed E-state index contributed by atoms with van der Waals surface area (Å²) >= 11 is 5.87. The Balaban J connectivity index is 1.98. The second-order valence-electron chi connectivity index (χ2n) is 5.79. The molecule has 24 heavy (non-hydrogen) atoms. The average molecular weight is 346 g/mol. The minimum absolute atomic E-state index is 0.0636. The van der Waals surface area contributed by atoms with Gasteiger partial charge in [-0.05, 0) is 55.2 Å². The van der Waals surface area contributed by atoms with Crippen molar-refractivity contribution in [2.24, 2.45) is 0 Å². The summed E-state index contributed by atoms with van der Waals surface area (Å²) < 4.78 is 5.78. The largest absolute Gasteiger partial charge is 0.481 e. The van der Waals surface area contributed by atoms with Crippen LogP contribution < -0.4 is 10.1 Å². The summed E-state index contributed by atoms with van der Waals surface area (Å²) in [6.07, 6.45) is 1.08. The Kier molecular flexibility index (Phi) is 6.68. The summed E-state index contributed by atoms with van der Waals surface area (Å²) in [5.41, 5.74) is 2.37. The fraction of sp³-hybridized carbons (Fsp3) is 0.350. The number of nitrogens with one attached hydrogen (secondary N) is 1. The van der Waals surface area contributed by atoms with Crippen LogP contribution in [0.15, 0.2) is 48.5 Å². The van der Waals surface area contributed by atoms with Gasteiger partial charge in [0.15, 0.2) is 6.10 Å². The number of ether oxygens (including phenoxy) is 1. The number of hydrogen-bond acceptors (Lipinski definition) is 2. The summed E-state index contributed by atoms with van der Waals surface area (Å²) in [7, 11) is 0. The first-order valence-electron chi connectivity index (χ1n) is 8.35. The summed E-state index contributed by atoms with van der Waals surface area (Å²) in [4.78, 5) is 12.5. The summed E-state index contributed by atoms with van der Waals surface area (Å²) in [5, 5.41) is 3.67. The van der Waals surface area contributed by atoms with Gasteiger partial charge in [0, 0.05) is 5.02 Å². The first-order valence-corrected chi connectivity index (χ1v) is 8.72. The van der Waals surface area contributed by atoms with Gasteiger partial charge < -0.3 is 10.1 Å². The van der Waals surface area contributed by atoms with Crippen LogP contribution in [-0.4, -0.2) is 12.0 Å². The molecule has 4 heteroatoms. The highest BCUT2D eigenvalue weighted by atomic mass is 35.5. The van der Waals surface area contributed by atoms with Crippen molar-refractivity contribution in [3.8, 4) is 5.75 Å². The van der Waals surface area contributed by atoms with Crippen molar-refractivity contribution in [3.05, 3.63) is 64.7 Å². The molecular formula is C20H24ClNO2. The van der Waals surface area contributed by atoms with E-state index in [4.69, 9.17) is 16.3 Å². The fourth-order valence-corrected chi connectivity index (χ4v) is 2.56. The van der Waals surface area contributed by atoms with E-state index in [9.17, 15) is 4.79 Å². The molecule has 0 fully saturated rings. The summed E-state index contributed by atoms with van der Waals surface area (Å²) in [5.74, 6) is 0.529. The van der Waals surface area contributed by atoms with E-state index in [1.807, 2.05) is 13.8 Å². The van der Waals surface area contributed by atoms with Gasteiger partial charge in [-0.3, -0.25) is 4.79 Å². The molecule has 0 aliphatic rings. The minimum Gasteiger partial charge on any atom is -0.481 e. The number of amides is 1. The number of carbonyl (C=O) groups excluding carboxylic acids is 1. The molecule has 0 bridgehead atoms. The molecule has 2 aromatic carbocycles. The first kappa shape index (κ1) is 18.3. The Morgan fingerprint density at radius 2 is 1.71 bits per heavy atom. The highest BCUT2D eigenvalue weighted by molar-refractivity contribution is 6.30. The van der Waals surface area contributed by atoms with Crippen molar-refractivity contribution in [1.29, 1.82) is 0 Å². The van der Waals surface area contributed by atoms with Crippen molar-refractivity contribution in [1.82, 2.24) is 5.32 Å². The third-order valence-corrected chi connectivity index (χ3v) is 4.25. The van der Waals surface area contributed by atoms with Crippen molar-refractivity contribution in [2.45, 2.75) is 45.8 Å². The van der Waals surface area contributed by atoms with Crippen molar-refractivity contribution >= 4 is 17.5 Å². The number of carbonyl (C=O) groups is 1. The highest BCUT2D eigenvalue weighted by Gasteiger charge is 2.20. The normalized spacial score (nSPS) is 13.2. The van der Waals surface area contributed by atoms with Crippen LogP contribution in [0.5, 0.6) is 5.75 Å². The monoisotopic (exact) mass is 345 g/mol. The lowest BCUT2D eigenvalue weighted by atomic mass is 10.0. The maximum atomic E-state index is 12.5. The summed E-state index contributed by atoms with van der Waals surface area (Å²) in [6.45, 7) is 6.04. The molecule has 2 rings (SSSR count). The molecule has 0 aliphatic heterocycles. The molecule has 0 heterocycles. The molecule has 128 valence electrons. The lowest BCUT2D eigenvalue weighted by Gasteiger charge is -2.21. The molecule has 2 atom stereocenters. The van der Waals surface area contributed by atoms with Crippen LogP contribution in [0.25, 0.3) is 0 Å². The van der Waals surface area contributed by atoms with Gasteiger partial charge in [-0.25, -0.2) is 0 Å². The van der Waals surface area contributed by atoms with Gasteiger partial charge in [0.2, 0.25) is 0 Å². The van der Waals surface area contributed by atoms with Crippen LogP contribution >= 0.6 is 11.6 Å². The van der Waals surface area contributed by atoms with Gasteiger partial charge >= 0.3 is 0 Å². The van der Waals surface area contributed by atoms with Gasteiger partial charge in [-0.15, -0.1) is 0 Å². The van der Waals surface area contributed by atoms with E-state index in [1.165, 1.54) is 5.56 Å². The quantitative estimate of drug-likeness (QED) is 0.772. The first-order chi connectivity index (χ1) is 11.5. The summed E-state index contributed by atoms with van der Waals surface area (Å²) in [6, 6.07) is 15.3. The topological polar surface area (TPSA) is 38.3 Å². The van der Waals surface area contributed by atoms with Crippen LogP contribution in [0, 0.1) is 0 Å². The van der Waals surface area contributed by atoms with Gasteiger partial charge in [0.1, 0.15) is 5.75 Å². The molecule has 0 aromatic heterocycles. The van der Waals surface area contributed by atoms with Gasteiger partial charge in [0.25, 0.3) is 5.91 Å². The molecule has 2 aromatic rings. The van der Waals surface area contributed by atoms with Gasteiger partial charge in [0.05, 0.1) is 6.04 Å². The minimum atomic E-state index is -0.524. The van der Waals surface area contributed by atoms with E-state index in [2.05, 4.69) is 36.5 Å². The van der Waals surface area contributed by atoms with Crippen LogP contribution in [0.2, 0.25) is 5.02 Å². The third kappa shape index (κ3) is 5.00. The van der Waals surface area contributed by atoms with E-state index in [-0.39, 0.29) is 11.9 Å². The van der Waals surface area contributed by atoms with Crippen molar-refractivity contribution < 1.29 is 9.53 Å². The molecule has 3 nitrogen and oxygen atoms in total. The lowest BCUT2D eigenvalue weighted by molar-refractivity contribution is -0.128. The zero-order valence-corrected chi connectivity index (χ0v) is 15.1.